The molecule has 0 bridgehead atoms. The summed E-state index contributed by atoms with van der Waals surface area (Å²) in [5, 5.41) is 0. The molecule has 7 heteroatoms. The first-order valence-corrected chi connectivity index (χ1v) is 7.62. The van der Waals surface area contributed by atoms with Crippen LogP contribution in [-0.2, 0) is 9.53 Å². The lowest BCUT2D eigenvalue weighted by Crippen LogP contribution is -2.44. The number of hydrogen-bond donors (Lipinski definition) is 1. The number of aromatic nitrogens is 1. The molecule has 0 aliphatic carbocycles. The van der Waals surface area contributed by atoms with E-state index in [0.717, 1.165) is 0 Å². The van der Waals surface area contributed by atoms with Crippen molar-refractivity contribution < 1.29 is 14.3 Å². The first-order chi connectivity index (χ1) is 9.94. The highest BCUT2D eigenvalue weighted by Crippen LogP contribution is 2.15. The van der Waals surface area contributed by atoms with Crippen LogP contribution in [0.1, 0.15) is 43.7 Å². The predicted molar refractivity (Wildman–Crippen MR) is 86.9 cm³/mol. The van der Waals surface area contributed by atoms with Crippen molar-refractivity contribution in [3.8, 4) is 0 Å². The largest absolute Gasteiger partial charge is 0.458 e. The lowest BCUT2D eigenvalue weighted by molar-refractivity contribution is -0.159. The van der Waals surface area contributed by atoms with Crippen molar-refractivity contribution in [2.75, 3.05) is 7.05 Å². The van der Waals surface area contributed by atoms with Gasteiger partial charge in [-0.1, -0.05) is 0 Å². The first kappa shape index (κ1) is 18.4. The predicted octanol–water partition coefficient (Wildman–Crippen LogP) is 2.25. The van der Waals surface area contributed by atoms with Gasteiger partial charge in [0.1, 0.15) is 17.2 Å². The summed E-state index contributed by atoms with van der Waals surface area (Å²) in [5.41, 5.74) is -0.534. The zero-order valence-electron chi connectivity index (χ0n) is 13.6. The molecule has 0 saturated heterocycles. The summed E-state index contributed by atoms with van der Waals surface area (Å²) < 4.78 is 5.87. The van der Waals surface area contributed by atoms with Crippen molar-refractivity contribution in [2.45, 2.75) is 46.3 Å². The van der Waals surface area contributed by atoms with Crippen LogP contribution in [0, 0.1) is 6.92 Å². The Morgan fingerprint density at radius 1 is 1.36 bits per heavy atom. The maximum atomic E-state index is 12.4. The van der Waals surface area contributed by atoms with Gasteiger partial charge in [-0.25, -0.2) is 4.79 Å². The molecule has 0 aliphatic heterocycles. The van der Waals surface area contributed by atoms with Crippen LogP contribution >= 0.6 is 15.9 Å². The molecule has 0 radical (unpaired) electrons. The number of aryl methyl sites for hydroxylation is 1. The van der Waals surface area contributed by atoms with Crippen LogP contribution in [0.5, 0.6) is 0 Å². The highest BCUT2D eigenvalue weighted by Gasteiger charge is 2.29. The van der Waals surface area contributed by atoms with Gasteiger partial charge in [-0.05, 0) is 56.6 Å². The minimum atomic E-state index is -0.800. The molecule has 0 spiro atoms. The number of esters is 1. The SMILES string of the molecule is Cc1[nH]c(=O)c(C(=O)N(C)[C@@H](C)C(=O)OC(C)(C)C)cc1Br. The number of halogens is 1. The quantitative estimate of drug-likeness (QED) is 0.825. The third-order valence-electron chi connectivity index (χ3n) is 3.05. The Morgan fingerprint density at radius 2 is 1.91 bits per heavy atom. The van der Waals surface area contributed by atoms with E-state index in [-0.39, 0.29) is 5.56 Å². The Morgan fingerprint density at radius 3 is 2.41 bits per heavy atom. The summed E-state index contributed by atoms with van der Waals surface area (Å²) in [7, 11) is 1.46. The minimum Gasteiger partial charge on any atom is -0.458 e. The monoisotopic (exact) mass is 372 g/mol. The molecule has 1 heterocycles. The van der Waals surface area contributed by atoms with E-state index in [4.69, 9.17) is 4.74 Å². The van der Waals surface area contributed by atoms with Crippen LogP contribution in [-0.4, -0.2) is 40.5 Å². The zero-order valence-corrected chi connectivity index (χ0v) is 15.2. The molecule has 1 amide bonds. The van der Waals surface area contributed by atoms with E-state index >= 15 is 0 Å². The van der Waals surface area contributed by atoms with Gasteiger partial charge in [0, 0.05) is 17.2 Å². The summed E-state index contributed by atoms with van der Waals surface area (Å²) >= 11 is 3.27. The van der Waals surface area contributed by atoms with E-state index in [1.807, 2.05) is 0 Å². The van der Waals surface area contributed by atoms with Crippen molar-refractivity contribution >= 4 is 27.8 Å². The molecule has 122 valence electrons. The highest BCUT2D eigenvalue weighted by molar-refractivity contribution is 9.10. The molecule has 6 nitrogen and oxygen atoms in total. The maximum Gasteiger partial charge on any atom is 0.329 e. The van der Waals surface area contributed by atoms with Crippen molar-refractivity contribution in [1.82, 2.24) is 9.88 Å². The van der Waals surface area contributed by atoms with Gasteiger partial charge in [0.2, 0.25) is 0 Å². The average molecular weight is 373 g/mol. The fraction of sp³-hybridized carbons (Fsp3) is 0.533. The Hall–Kier alpha value is -1.63. The molecule has 0 unspecified atom stereocenters. The third-order valence-corrected chi connectivity index (χ3v) is 3.88. The average Bonchev–Trinajstić information content (AvgIpc) is 2.38. The number of nitrogens with zero attached hydrogens (tertiary/aromatic N) is 1. The van der Waals surface area contributed by atoms with Gasteiger partial charge in [0.05, 0.1) is 0 Å². The van der Waals surface area contributed by atoms with Crippen molar-refractivity contribution in [3.63, 3.8) is 0 Å². The standard InChI is InChI=1S/C15H21BrN2O4/c1-8-11(16)7-10(12(19)17-8)13(20)18(6)9(2)14(21)22-15(3,4)5/h7,9H,1-6H3,(H,17,19)/t9-/m0/s1. The summed E-state index contributed by atoms with van der Waals surface area (Å²) in [5.74, 6) is -1.06. The maximum absolute atomic E-state index is 12.4. The van der Waals surface area contributed by atoms with Gasteiger partial charge in [0.15, 0.2) is 0 Å². The summed E-state index contributed by atoms with van der Waals surface area (Å²) in [6, 6.07) is 0.653. The van der Waals surface area contributed by atoms with E-state index in [9.17, 15) is 14.4 Å². The summed E-state index contributed by atoms with van der Waals surface area (Å²) in [4.78, 5) is 40.1. The Kier molecular flexibility index (Phi) is 5.56. The highest BCUT2D eigenvalue weighted by atomic mass is 79.9. The Balaban J connectivity index is 3.01. The Labute approximate surface area is 138 Å². The Bertz CT molecular complexity index is 646. The fourth-order valence-electron chi connectivity index (χ4n) is 1.67. The van der Waals surface area contributed by atoms with Gasteiger partial charge in [-0.15, -0.1) is 0 Å². The topological polar surface area (TPSA) is 79.5 Å². The molecule has 1 aromatic heterocycles. The van der Waals surface area contributed by atoms with Crippen LogP contribution in [0.3, 0.4) is 0 Å². The van der Waals surface area contributed by atoms with Gasteiger partial charge in [-0.3, -0.25) is 9.59 Å². The van der Waals surface area contributed by atoms with E-state index < -0.39 is 29.1 Å². The van der Waals surface area contributed by atoms with E-state index in [1.54, 1.807) is 34.6 Å². The van der Waals surface area contributed by atoms with Crippen molar-refractivity contribution in [2.24, 2.45) is 0 Å². The number of rotatable bonds is 3. The second-order valence-electron chi connectivity index (χ2n) is 6.11. The number of aromatic amines is 1. The molecule has 0 aliphatic rings. The normalized spacial score (nSPS) is 12.7. The number of nitrogens with one attached hydrogen (secondary N) is 1. The molecule has 22 heavy (non-hydrogen) atoms. The van der Waals surface area contributed by atoms with Crippen LogP contribution < -0.4 is 5.56 Å². The van der Waals surface area contributed by atoms with Crippen LogP contribution in [0.2, 0.25) is 0 Å². The number of carbonyl (C=O) groups excluding carboxylic acids is 2. The van der Waals surface area contributed by atoms with Gasteiger partial charge < -0.3 is 14.6 Å². The number of likely N-dealkylation sites (N-methyl/N-ethyl adjacent to an activating group) is 1. The molecule has 0 fully saturated rings. The number of ether oxygens (including phenoxy) is 1. The third kappa shape index (κ3) is 4.43. The van der Waals surface area contributed by atoms with Crippen LogP contribution in [0.25, 0.3) is 0 Å². The van der Waals surface area contributed by atoms with E-state index in [2.05, 4.69) is 20.9 Å². The number of carbonyl (C=O) groups is 2. The number of amides is 1. The van der Waals surface area contributed by atoms with Crippen LogP contribution in [0.15, 0.2) is 15.3 Å². The van der Waals surface area contributed by atoms with Gasteiger partial charge in [0.25, 0.3) is 11.5 Å². The van der Waals surface area contributed by atoms with Crippen LogP contribution in [0.4, 0.5) is 0 Å². The van der Waals surface area contributed by atoms with E-state index in [1.165, 1.54) is 18.0 Å². The number of hydrogen-bond acceptors (Lipinski definition) is 4. The van der Waals surface area contributed by atoms with Gasteiger partial charge in [-0.2, -0.15) is 0 Å². The summed E-state index contributed by atoms with van der Waals surface area (Å²) in [6.07, 6.45) is 0. The first-order valence-electron chi connectivity index (χ1n) is 6.83. The number of pyridine rings is 1. The van der Waals surface area contributed by atoms with Crippen molar-refractivity contribution in [3.05, 3.63) is 32.2 Å². The molecule has 0 saturated carbocycles. The molecular weight excluding hydrogens is 352 g/mol. The van der Waals surface area contributed by atoms with Crippen molar-refractivity contribution in [1.29, 1.82) is 0 Å². The lowest BCUT2D eigenvalue weighted by Gasteiger charge is -2.27. The zero-order chi connectivity index (χ0) is 17.2. The molecule has 1 aromatic rings. The van der Waals surface area contributed by atoms with E-state index in [0.29, 0.717) is 10.2 Å². The lowest BCUT2D eigenvalue weighted by atomic mass is 10.1. The molecule has 0 aromatic carbocycles. The second-order valence-corrected chi connectivity index (χ2v) is 6.96. The molecule has 1 rings (SSSR count). The smallest absolute Gasteiger partial charge is 0.329 e. The summed E-state index contributed by atoms with van der Waals surface area (Å²) in [6.45, 7) is 8.53. The molecular formula is C15H21BrN2O4. The second kappa shape index (κ2) is 6.64. The molecule has 1 atom stereocenters. The number of H-pyrrole nitrogens is 1. The molecule has 1 N–H and O–H groups in total. The fourth-order valence-corrected chi connectivity index (χ4v) is 2.00. The van der Waals surface area contributed by atoms with Gasteiger partial charge >= 0.3 is 5.97 Å². The minimum absolute atomic E-state index is 0.0321.